The van der Waals surface area contributed by atoms with E-state index in [1.54, 1.807) is 0 Å². The number of aliphatic hydroxyl groups is 3. The van der Waals surface area contributed by atoms with Gasteiger partial charge in [0.15, 0.2) is 0 Å². The van der Waals surface area contributed by atoms with Gasteiger partial charge in [0.1, 0.15) is 0 Å². The molecule has 0 spiro atoms. The summed E-state index contributed by atoms with van der Waals surface area (Å²) >= 11 is 0. The molecule has 0 heterocycles. The molecule has 90 valence electrons. The number of rotatable bonds is 2. The molecule has 1 aliphatic rings. The Kier molecular flexibility index (Phi) is 47.4. The first-order valence-corrected chi connectivity index (χ1v) is 4.54. The second-order valence-electron chi connectivity index (χ2n) is 2.06. The molecule has 0 bridgehead atoms. The Bertz CT molecular complexity index is 134. The molecule has 3 nitrogen and oxygen atoms in total. The van der Waals surface area contributed by atoms with Crippen molar-refractivity contribution in [2.75, 3.05) is 21.3 Å². The maximum Gasteiger partial charge on any atom is 0.0319 e. The average molecular weight is 251 g/mol. The Labute approximate surface area is 108 Å². The van der Waals surface area contributed by atoms with Crippen LogP contribution in [0.15, 0.2) is 17.7 Å². The zero-order chi connectivity index (χ0) is 11.8. The van der Waals surface area contributed by atoms with Crippen LogP contribution >= 0.6 is 0 Å². The molecule has 1 rings (SSSR count). The molecule has 0 radical (unpaired) electrons. The third kappa shape index (κ3) is 20.2. The second kappa shape index (κ2) is 29.2. The van der Waals surface area contributed by atoms with Crippen LogP contribution in [-0.4, -0.2) is 36.6 Å². The van der Waals surface area contributed by atoms with Gasteiger partial charge in [-0.25, -0.2) is 11.6 Å². The van der Waals surface area contributed by atoms with Gasteiger partial charge in [-0.3, -0.25) is 6.08 Å². The van der Waals surface area contributed by atoms with Crippen LogP contribution in [0.5, 0.6) is 0 Å². The third-order valence-corrected chi connectivity index (χ3v) is 1.29. The van der Waals surface area contributed by atoms with Crippen LogP contribution in [0.4, 0.5) is 0 Å². The van der Waals surface area contributed by atoms with Crippen molar-refractivity contribution in [1.82, 2.24) is 0 Å². The van der Waals surface area contributed by atoms with Gasteiger partial charge in [0.25, 0.3) is 0 Å². The van der Waals surface area contributed by atoms with Gasteiger partial charge in [-0.2, -0.15) is 6.08 Å². The molecule has 15 heavy (non-hydrogen) atoms. The van der Waals surface area contributed by atoms with E-state index in [4.69, 9.17) is 15.3 Å². The third-order valence-electron chi connectivity index (χ3n) is 1.29. The number of aliphatic hydroxyl groups excluding tert-OH is 3. The Hall–Kier alpha value is 0.0743. The summed E-state index contributed by atoms with van der Waals surface area (Å²) in [5.41, 5.74) is 1.40. The average Bonchev–Trinajstić information content (AvgIpc) is 2.80. The predicted molar refractivity (Wildman–Crippen MR) is 59.8 cm³/mol. The van der Waals surface area contributed by atoms with E-state index < -0.39 is 0 Å². The summed E-state index contributed by atoms with van der Waals surface area (Å²) in [7, 11) is 3.00. The van der Waals surface area contributed by atoms with E-state index in [0.29, 0.717) is 0 Å². The normalized spacial score (nSPS) is 10.2. The van der Waals surface area contributed by atoms with Crippen molar-refractivity contribution in [3.8, 4) is 0 Å². The predicted octanol–water partition coefficient (Wildman–Crippen LogP) is 1.30. The molecule has 0 fully saturated rings. The molecule has 0 saturated carbocycles. The van der Waals surface area contributed by atoms with Gasteiger partial charge < -0.3 is 15.3 Å². The molecule has 0 saturated heterocycles. The largest absolute Gasteiger partial charge is 0.400 e. The summed E-state index contributed by atoms with van der Waals surface area (Å²) in [6.45, 7) is 2.20. The van der Waals surface area contributed by atoms with Gasteiger partial charge in [-0.15, -0.1) is 6.42 Å². The van der Waals surface area contributed by atoms with Crippen molar-refractivity contribution in [3.63, 3.8) is 0 Å². The second-order valence-corrected chi connectivity index (χ2v) is 2.06. The first-order valence-electron chi connectivity index (χ1n) is 4.54. The van der Waals surface area contributed by atoms with E-state index in [2.05, 4.69) is 25.2 Å². The van der Waals surface area contributed by atoms with Crippen LogP contribution < -0.4 is 0 Å². The van der Waals surface area contributed by atoms with E-state index in [-0.39, 0.29) is 21.7 Å². The van der Waals surface area contributed by atoms with Crippen LogP contribution in [0.1, 0.15) is 26.2 Å². The summed E-state index contributed by atoms with van der Waals surface area (Å²) in [4.78, 5) is 0. The molecule has 0 unspecified atom stereocenters. The Morgan fingerprint density at radius 1 is 1.13 bits per heavy atom. The zero-order valence-corrected chi connectivity index (χ0v) is 11.7. The number of allylic oxidation sites excluding steroid dienone is 4. The van der Waals surface area contributed by atoms with E-state index in [1.807, 2.05) is 0 Å². The van der Waals surface area contributed by atoms with Gasteiger partial charge in [0.2, 0.25) is 0 Å². The van der Waals surface area contributed by atoms with Gasteiger partial charge >= 0.3 is 0 Å². The maximum absolute atomic E-state index is 7.00. The van der Waals surface area contributed by atoms with Gasteiger partial charge in [-0.05, 0) is 0 Å². The van der Waals surface area contributed by atoms with Crippen molar-refractivity contribution in [2.45, 2.75) is 26.2 Å². The summed E-state index contributed by atoms with van der Waals surface area (Å²) in [6, 6.07) is 0. The van der Waals surface area contributed by atoms with Crippen LogP contribution in [0.25, 0.3) is 0 Å². The van der Waals surface area contributed by atoms with Crippen molar-refractivity contribution < 1.29 is 37.0 Å². The van der Waals surface area contributed by atoms with Crippen molar-refractivity contribution in [1.29, 1.82) is 0 Å². The Morgan fingerprint density at radius 2 is 1.60 bits per heavy atom. The van der Waals surface area contributed by atoms with Gasteiger partial charge in [-0.1, -0.05) is 19.8 Å². The number of hydrogen-bond acceptors (Lipinski definition) is 3. The summed E-state index contributed by atoms with van der Waals surface area (Å²) in [6.07, 6.45) is 11.1. The maximum atomic E-state index is 7.00. The summed E-state index contributed by atoms with van der Waals surface area (Å²) in [5, 5.41) is 21.0. The van der Waals surface area contributed by atoms with Crippen molar-refractivity contribution in [3.05, 3.63) is 23.8 Å². The first kappa shape index (κ1) is 24.3. The topological polar surface area (TPSA) is 60.7 Å². The quantitative estimate of drug-likeness (QED) is 0.512. The van der Waals surface area contributed by atoms with E-state index >= 15 is 0 Å². The fourth-order valence-corrected chi connectivity index (χ4v) is 0.891. The molecule has 0 aromatic rings. The van der Waals surface area contributed by atoms with E-state index in [0.717, 1.165) is 27.8 Å². The van der Waals surface area contributed by atoms with Crippen molar-refractivity contribution in [2.24, 2.45) is 0 Å². The molecule has 0 aromatic heterocycles. The minimum atomic E-state index is 0. The van der Waals surface area contributed by atoms with Crippen LogP contribution in [0.3, 0.4) is 0 Å². The molecule has 0 aromatic carbocycles. The SMILES string of the molecule is CCCC1=[C-]CC=C1.CO.CO.CO.[Ti]. The Balaban J connectivity index is -0.0000000755. The molecule has 0 atom stereocenters. The fraction of sp³-hybridized carbons (Fsp3) is 0.636. The smallest absolute Gasteiger partial charge is 0.0319 e. The fourth-order valence-electron chi connectivity index (χ4n) is 0.891. The minimum Gasteiger partial charge on any atom is -0.400 e. The molecule has 3 N–H and O–H groups in total. The van der Waals surface area contributed by atoms with E-state index in [9.17, 15) is 0 Å². The first-order chi connectivity index (χ1) is 6.93. The summed E-state index contributed by atoms with van der Waals surface area (Å²) < 4.78 is 0. The monoisotopic (exact) mass is 251 g/mol. The van der Waals surface area contributed by atoms with Crippen LogP contribution in [0, 0.1) is 6.08 Å². The van der Waals surface area contributed by atoms with Crippen LogP contribution in [-0.2, 0) is 21.7 Å². The molecular formula is C11H23O3Ti-. The van der Waals surface area contributed by atoms with Crippen molar-refractivity contribution >= 4 is 0 Å². The van der Waals surface area contributed by atoms with Crippen LogP contribution in [0.2, 0.25) is 0 Å². The van der Waals surface area contributed by atoms with Gasteiger partial charge in [0, 0.05) is 43.0 Å². The number of hydrogen-bond donors (Lipinski definition) is 3. The van der Waals surface area contributed by atoms with E-state index in [1.165, 1.54) is 18.4 Å². The van der Waals surface area contributed by atoms with Gasteiger partial charge in [0.05, 0.1) is 0 Å². The standard InChI is InChI=1S/C8H11.3CH4O.Ti/c1-2-5-8-6-3-4-7-8;3*1-2;/h3,6H,2,4-5H2,1H3;3*2H,1H3;/q-1;;;;. The molecule has 4 heteroatoms. The summed E-state index contributed by atoms with van der Waals surface area (Å²) in [5.74, 6) is 0. The molecule has 0 aliphatic heterocycles. The molecule has 0 amide bonds. The molecular weight excluding hydrogens is 228 g/mol. The Morgan fingerprint density at radius 3 is 1.87 bits per heavy atom. The molecule has 1 aliphatic carbocycles. The zero-order valence-electron chi connectivity index (χ0n) is 10.1. The minimum absolute atomic E-state index is 0.